The van der Waals surface area contributed by atoms with Crippen LogP contribution in [0.2, 0.25) is 10.0 Å². The summed E-state index contributed by atoms with van der Waals surface area (Å²) in [5.41, 5.74) is 0.453. The fraction of sp³-hybridized carbons (Fsp3) is 0.364. The SMILES string of the molecule is O=C(O)C(c1cc(Cl)ccc1Cl)C(CCc1ccccc1)(N1CCCC1)n1ncnn1. The van der Waals surface area contributed by atoms with Crippen molar-refractivity contribution in [2.75, 3.05) is 13.1 Å². The number of carboxylic acids is 1. The maximum atomic E-state index is 12.9. The maximum Gasteiger partial charge on any atom is 0.315 e. The Hall–Kier alpha value is -2.48. The van der Waals surface area contributed by atoms with Gasteiger partial charge in [-0.15, -0.1) is 15.0 Å². The van der Waals surface area contributed by atoms with Crippen molar-refractivity contribution in [1.29, 1.82) is 0 Å². The number of tetrazole rings is 1. The third kappa shape index (κ3) is 4.31. The van der Waals surface area contributed by atoms with Crippen LogP contribution in [0.5, 0.6) is 0 Å². The molecule has 162 valence electrons. The van der Waals surface area contributed by atoms with Gasteiger partial charge in [0, 0.05) is 23.1 Å². The minimum absolute atomic E-state index is 0.347. The second kappa shape index (κ2) is 9.34. The first kappa shape index (κ1) is 21.7. The average Bonchev–Trinajstić information content (AvgIpc) is 3.49. The molecule has 0 radical (unpaired) electrons. The molecule has 1 N–H and O–H groups in total. The van der Waals surface area contributed by atoms with E-state index in [-0.39, 0.29) is 0 Å². The van der Waals surface area contributed by atoms with Gasteiger partial charge in [-0.3, -0.25) is 9.69 Å². The molecule has 3 aromatic rings. The van der Waals surface area contributed by atoms with Gasteiger partial charge < -0.3 is 5.11 Å². The molecule has 2 atom stereocenters. The van der Waals surface area contributed by atoms with Crippen LogP contribution in [0.1, 0.15) is 36.3 Å². The molecule has 9 heteroatoms. The van der Waals surface area contributed by atoms with Gasteiger partial charge in [-0.05, 0) is 60.2 Å². The third-order valence-corrected chi connectivity index (χ3v) is 6.53. The lowest BCUT2D eigenvalue weighted by atomic mass is 9.80. The van der Waals surface area contributed by atoms with E-state index in [1.807, 2.05) is 30.3 Å². The highest BCUT2D eigenvalue weighted by Gasteiger charge is 2.53. The number of carboxylic acid groups (broad SMARTS) is 1. The maximum absolute atomic E-state index is 12.9. The topological polar surface area (TPSA) is 84.1 Å². The molecular weight excluding hydrogens is 437 g/mol. The van der Waals surface area contributed by atoms with E-state index in [0.29, 0.717) is 28.5 Å². The summed E-state index contributed by atoms with van der Waals surface area (Å²) in [6.45, 7) is 1.47. The molecule has 0 amide bonds. The number of hydrogen-bond donors (Lipinski definition) is 1. The minimum atomic E-state index is -1.09. The van der Waals surface area contributed by atoms with Crippen LogP contribution in [-0.4, -0.2) is 49.3 Å². The predicted octanol–water partition coefficient (Wildman–Crippen LogP) is 4.23. The Bertz CT molecular complexity index is 1030. The molecule has 1 fully saturated rings. The van der Waals surface area contributed by atoms with E-state index in [0.717, 1.165) is 31.5 Å². The summed E-state index contributed by atoms with van der Waals surface area (Å²) >= 11 is 12.8. The lowest BCUT2D eigenvalue weighted by molar-refractivity contribution is -0.148. The summed E-state index contributed by atoms with van der Waals surface area (Å²) in [5.74, 6) is -2.06. The number of rotatable bonds is 8. The van der Waals surface area contributed by atoms with Gasteiger partial charge >= 0.3 is 5.97 Å². The van der Waals surface area contributed by atoms with Gasteiger partial charge in [0.2, 0.25) is 0 Å². The van der Waals surface area contributed by atoms with Crippen LogP contribution in [0.3, 0.4) is 0 Å². The van der Waals surface area contributed by atoms with Crippen LogP contribution in [-0.2, 0) is 16.9 Å². The van der Waals surface area contributed by atoms with Gasteiger partial charge in [0.15, 0.2) is 12.0 Å². The summed E-state index contributed by atoms with van der Waals surface area (Å²) in [6, 6.07) is 14.9. The largest absolute Gasteiger partial charge is 0.481 e. The number of nitrogens with zero attached hydrogens (tertiary/aromatic N) is 5. The van der Waals surface area contributed by atoms with Gasteiger partial charge in [0.25, 0.3) is 0 Å². The van der Waals surface area contributed by atoms with E-state index < -0.39 is 17.6 Å². The Morgan fingerprint density at radius 1 is 1.13 bits per heavy atom. The first-order chi connectivity index (χ1) is 15.0. The zero-order chi connectivity index (χ0) is 21.8. The van der Waals surface area contributed by atoms with Crippen molar-refractivity contribution in [3.8, 4) is 0 Å². The summed E-state index contributed by atoms with van der Waals surface area (Å²) < 4.78 is 0. The molecule has 1 aromatic heterocycles. The molecule has 31 heavy (non-hydrogen) atoms. The van der Waals surface area contributed by atoms with Crippen molar-refractivity contribution in [2.24, 2.45) is 0 Å². The molecule has 0 bridgehead atoms. The Morgan fingerprint density at radius 2 is 1.87 bits per heavy atom. The second-order valence-corrected chi connectivity index (χ2v) is 8.56. The number of hydrogen-bond acceptors (Lipinski definition) is 5. The smallest absolute Gasteiger partial charge is 0.315 e. The zero-order valence-electron chi connectivity index (χ0n) is 16.9. The van der Waals surface area contributed by atoms with Gasteiger partial charge in [-0.1, -0.05) is 53.5 Å². The molecule has 0 aliphatic carbocycles. The predicted molar refractivity (Wildman–Crippen MR) is 118 cm³/mol. The van der Waals surface area contributed by atoms with Crippen LogP contribution < -0.4 is 0 Å². The van der Waals surface area contributed by atoms with Gasteiger partial charge in [-0.25, -0.2) is 0 Å². The van der Waals surface area contributed by atoms with Gasteiger partial charge in [0.1, 0.15) is 5.92 Å². The molecular formula is C22H23Cl2N5O2. The van der Waals surface area contributed by atoms with Crippen molar-refractivity contribution < 1.29 is 9.90 Å². The number of likely N-dealkylation sites (tertiary alicyclic amines) is 1. The lowest BCUT2D eigenvalue weighted by Crippen LogP contribution is -2.57. The van der Waals surface area contributed by atoms with Gasteiger partial charge in [-0.2, -0.15) is 0 Å². The molecule has 4 rings (SSSR count). The first-order valence-corrected chi connectivity index (χ1v) is 11.0. The van der Waals surface area contributed by atoms with E-state index in [1.165, 1.54) is 11.1 Å². The van der Waals surface area contributed by atoms with Gasteiger partial charge in [0.05, 0.1) is 0 Å². The highest BCUT2D eigenvalue weighted by atomic mass is 35.5. The second-order valence-electron chi connectivity index (χ2n) is 7.72. The fourth-order valence-electron chi connectivity index (χ4n) is 4.56. The van der Waals surface area contributed by atoms with Crippen molar-refractivity contribution in [1.82, 2.24) is 25.1 Å². The Kier molecular flexibility index (Phi) is 6.55. The molecule has 1 saturated heterocycles. The number of aliphatic carboxylic acids is 1. The lowest BCUT2D eigenvalue weighted by Gasteiger charge is -2.44. The fourth-order valence-corrected chi connectivity index (χ4v) is 4.97. The average molecular weight is 460 g/mol. The van der Waals surface area contributed by atoms with E-state index in [9.17, 15) is 9.90 Å². The molecule has 2 heterocycles. The number of benzene rings is 2. The monoisotopic (exact) mass is 459 g/mol. The summed E-state index contributed by atoms with van der Waals surface area (Å²) in [4.78, 5) is 16.5. The van der Waals surface area contributed by atoms with Crippen LogP contribution in [0.25, 0.3) is 0 Å². The van der Waals surface area contributed by atoms with Crippen molar-refractivity contribution >= 4 is 29.2 Å². The normalized spacial score (nSPS) is 17.4. The number of halogens is 2. The molecule has 2 unspecified atom stereocenters. The van der Waals surface area contributed by atoms with Crippen molar-refractivity contribution in [3.05, 3.63) is 76.0 Å². The van der Waals surface area contributed by atoms with Crippen LogP contribution >= 0.6 is 23.2 Å². The van der Waals surface area contributed by atoms with Crippen LogP contribution in [0.4, 0.5) is 0 Å². The van der Waals surface area contributed by atoms with E-state index in [4.69, 9.17) is 23.2 Å². The van der Waals surface area contributed by atoms with Crippen molar-refractivity contribution in [2.45, 2.75) is 37.3 Å². The molecule has 0 spiro atoms. The molecule has 1 aliphatic rings. The minimum Gasteiger partial charge on any atom is -0.481 e. The van der Waals surface area contributed by atoms with Crippen molar-refractivity contribution in [3.63, 3.8) is 0 Å². The molecule has 2 aromatic carbocycles. The Morgan fingerprint density at radius 3 is 2.52 bits per heavy atom. The standard InChI is InChI=1S/C22H23Cl2N5O2/c23-17-8-9-19(24)18(14-17)20(21(30)31)22(28-12-4-5-13-28,29-26-15-25-27-29)11-10-16-6-2-1-3-7-16/h1-3,6-9,14-15,20H,4-5,10-13H2,(H,30,31). The molecule has 7 nitrogen and oxygen atoms in total. The molecule has 0 saturated carbocycles. The van der Waals surface area contributed by atoms with Crippen LogP contribution in [0.15, 0.2) is 54.9 Å². The van der Waals surface area contributed by atoms with E-state index in [1.54, 1.807) is 18.2 Å². The first-order valence-electron chi connectivity index (χ1n) is 10.2. The summed E-state index contributed by atoms with van der Waals surface area (Å²) in [5, 5.41) is 23.7. The van der Waals surface area contributed by atoms with Crippen LogP contribution in [0, 0.1) is 0 Å². The summed E-state index contributed by atoms with van der Waals surface area (Å²) in [7, 11) is 0. The third-order valence-electron chi connectivity index (χ3n) is 5.95. The summed E-state index contributed by atoms with van der Waals surface area (Å²) in [6.07, 6.45) is 4.38. The van der Waals surface area contributed by atoms with E-state index in [2.05, 4.69) is 20.3 Å². The number of aryl methyl sites for hydroxylation is 1. The Labute approximate surface area is 190 Å². The zero-order valence-corrected chi connectivity index (χ0v) is 18.4. The number of carbonyl (C=O) groups is 1. The quantitative estimate of drug-likeness (QED) is 0.542. The molecule has 1 aliphatic heterocycles. The Balaban J connectivity index is 1.90. The van der Waals surface area contributed by atoms with E-state index >= 15 is 0 Å². The highest BCUT2D eigenvalue weighted by molar-refractivity contribution is 6.33. The number of aromatic nitrogens is 4. The highest BCUT2D eigenvalue weighted by Crippen LogP contribution is 2.45.